The van der Waals surface area contributed by atoms with Crippen molar-refractivity contribution in [2.45, 2.75) is 44.0 Å². The molecular weight excluding hydrogens is 335 g/mol. The molecule has 0 aromatic heterocycles. The molecule has 25 heavy (non-hydrogen) atoms. The number of likely N-dealkylation sites (N-methyl/N-ethyl adjacent to an activating group) is 1. The summed E-state index contributed by atoms with van der Waals surface area (Å²) in [6.45, 7) is -0.224. The minimum Gasteiger partial charge on any atom is -0.404 e. The van der Waals surface area contributed by atoms with Gasteiger partial charge in [0.2, 0.25) is 5.91 Å². The third-order valence-corrected chi connectivity index (χ3v) is 4.45. The maximum Gasteiger partial charge on any atom is 0.573 e. The summed E-state index contributed by atoms with van der Waals surface area (Å²) < 4.78 is 41.2. The van der Waals surface area contributed by atoms with Crippen LogP contribution in [0.3, 0.4) is 0 Å². The molecule has 136 valence electrons. The van der Waals surface area contributed by atoms with Crippen LogP contribution in [0.25, 0.3) is 0 Å². The van der Waals surface area contributed by atoms with Gasteiger partial charge in [0.05, 0.1) is 18.3 Å². The highest BCUT2D eigenvalue weighted by Crippen LogP contribution is 2.33. The maximum atomic E-state index is 12.4. The number of ether oxygens (including phenoxy) is 1. The summed E-state index contributed by atoms with van der Waals surface area (Å²) in [7, 11) is 1.57. The lowest BCUT2D eigenvalue weighted by Gasteiger charge is -2.39. The van der Waals surface area contributed by atoms with Gasteiger partial charge in [0.1, 0.15) is 5.54 Å². The van der Waals surface area contributed by atoms with E-state index in [0.717, 1.165) is 19.3 Å². The largest absolute Gasteiger partial charge is 0.573 e. The lowest BCUT2D eigenvalue weighted by molar-refractivity contribution is -0.274. The van der Waals surface area contributed by atoms with Crippen molar-refractivity contribution in [1.82, 2.24) is 4.90 Å². The highest BCUT2D eigenvalue weighted by atomic mass is 19.4. The number of carbonyl (C=O) groups is 1. The number of hydrogen-bond donors (Lipinski definition) is 1. The normalized spacial score (nSPS) is 16.6. The van der Waals surface area contributed by atoms with Crippen LogP contribution in [0.4, 0.5) is 18.9 Å². The number of carbonyl (C=O) groups excluding carboxylic acids is 1. The van der Waals surface area contributed by atoms with Crippen LogP contribution in [0.15, 0.2) is 24.3 Å². The number of para-hydroxylation sites is 2. The Morgan fingerprint density at radius 2 is 1.96 bits per heavy atom. The van der Waals surface area contributed by atoms with E-state index in [1.54, 1.807) is 7.05 Å². The smallest absolute Gasteiger partial charge is 0.404 e. The molecule has 1 aromatic carbocycles. The zero-order valence-corrected chi connectivity index (χ0v) is 13.9. The first-order chi connectivity index (χ1) is 11.8. The van der Waals surface area contributed by atoms with Crippen molar-refractivity contribution < 1.29 is 22.7 Å². The number of anilines is 1. The van der Waals surface area contributed by atoms with Gasteiger partial charge in [-0.1, -0.05) is 31.4 Å². The molecule has 1 N–H and O–H groups in total. The van der Waals surface area contributed by atoms with Gasteiger partial charge in [0, 0.05) is 7.05 Å². The average Bonchev–Trinajstić information content (AvgIpc) is 2.59. The molecule has 1 saturated carbocycles. The quantitative estimate of drug-likeness (QED) is 0.875. The molecule has 1 fully saturated rings. The van der Waals surface area contributed by atoms with Gasteiger partial charge in [-0.3, -0.25) is 4.79 Å². The van der Waals surface area contributed by atoms with Gasteiger partial charge >= 0.3 is 6.36 Å². The van der Waals surface area contributed by atoms with Crippen LogP contribution in [-0.4, -0.2) is 36.3 Å². The summed E-state index contributed by atoms with van der Waals surface area (Å²) in [6, 6.07) is 7.76. The number of amides is 1. The van der Waals surface area contributed by atoms with Crippen molar-refractivity contribution >= 4 is 11.6 Å². The molecule has 8 heteroatoms. The minimum absolute atomic E-state index is 0.0660. The van der Waals surface area contributed by atoms with E-state index in [1.807, 2.05) is 0 Å². The highest BCUT2D eigenvalue weighted by molar-refractivity contribution is 5.82. The van der Waals surface area contributed by atoms with Gasteiger partial charge in [0.15, 0.2) is 5.75 Å². The van der Waals surface area contributed by atoms with Crippen molar-refractivity contribution in [1.29, 1.82) is 5.26 Å². The molecule has 0 unspecified atom stereocenters. The average molecular weight is 355 g/mol. The summed E-state index contributed by atoms with van der Waals surface area (Å²) in [5, 5.41) is 12.2. The predicted octanol–water partition coefficient (Wildman–Crippen LogP) is 3.68. The van der Waals surface area contributed by atoms with Crippen LogP contribution < -0.4 is 10.1 Å². The summed E-state index contributed by atoms with van der Waals surface area (Å²) in [5.41, 5.74) is -0.768. The van der Waals surface area contributed by atoms with Crippen LogP contribution >= 0.6 is 0 Å². The Balaban J connectivity index is 2.04. The van der Waals surface area contributed by atoms with Crippen molar-refractivity contribution in [3.8, 4) is 11.8 Å². The zero-order chi connectivity index (χ0) is 18.5. The van der Waals surface area contributed by atoms with E-state index in [-0.39, 0.29) is 18.1 Å². The zero-order valence-electron chi connectivity index (χ0n) is 13.9. The van der Waals surface area contributed by atoms with Crippen LogP contribution in [0, 0.1) is 11.3 Å². The Morgan fingerprint density at radius 1 is 1.32 bits per heavy atom. The Labute approximate surface area is 144 Å². The lowest BCUT2D eigenvalue weighted by Crippen LogP contribution is -2.51. The number of halogens is 3. The number of alkyl halides is 3. The molecule has 1 aliphatic rings. The second-order valence-electron chi connectivity index (χ2n) is 6.05. The third-order valence-electron chi connectivity index (χ3n) is 4.45. The van der Waals surface area contributed by atoms with Gasteiger partial charge in [-0.05, 0) is 25.0 Å². The number of nitrogens with zero attached hydrogens (tertiary/aromatic N) is 2. The van der Waals surface area contributed by atoms with Crippen LogP contribution in [0.2, 0.25) is 0 Å². The molecule has 0 saturated heterocycles. The molecule has 2 rings (SSSR count). The number of nitriles is 1. The lowest BCUT2D eigenvalue weighted by atomic mass is 9.81. The first-order valence-electron chi connectivity index (χ1n) is 8.04. The second kappa shape index (κ2) is 7.64. The van der Waals surface area contributed by atoms with Crippen molar-refractivity contribution in [2.24, 2.45) is 0 Å². The van der Waals surface area contributed by atoms with Crippen LogP contribution in [-0.2, 0) is 4.79 Å². The Hall–Kier alpha value is -2.43. The topological polar surface area (TPSA) is 65.4 Å². The molecule has 0 atom stereocenters. The van der Waals surface area contributed by atoms with E-state index in [0.29, 0.717) is 12.8 Å². The van der Waals surface area contributed by atoms with E-state index in [2.05, 4.69) is 16.1 Å². The standard InChI is InChI=1S/C17H20F3N3O2/c1-23(16(12-21)9-5-2-6-10-16)15(24)11-22-13-7-3-4-8-14(13)25-17(18,19)20/h3-4,7-8,22H,2,5-6,9-11H2,1H3. The SMILES string of the molecule is CN(C(=O)CNc1ccccc1OC(F)(F)F)C1(C#N)CCCCC1. The fraction of sp³-hybridized carbons (Fsp3) is 0.529. The molecule has 1 amide bonds. The molecule has 1 aliphatic carbocycles. The first kappa shape index (κ1) is 18.9. The Bertz CT molecular complexity index is 649. The molecule has 1 aromatic rings. The number of nitrogens with one attached hydrogen (secondary N) is 1. The second-order valence-corrected chi connectivity index (χ2v) is 6.05. The summed E-state index contributed by atoms with van der Waals surface area (Å²) in [4.78, 5) is 13.8. The molecule has 0 heterocycles. The van der Waals surface area contributed by atoms with Gasteiger partial charge in [-0.25, -0.2) is 0 Å². The molecule has 0 aliphatic heterocycles. The number of hydrogen-bond acceptors (Lipinski definition) is 4. The van der Waals surface area contributed by atoms with E-state index >= 15 is 0 Å². The minimum atomic E-state index is -4.81. The van der Waals surface area contributed by atoms with Gasteiger partial charge in [0.25, 0.3) is 0 Å². The highest BCUT2D eigenvalue weighted by Gasteiger charge is 2.38. The predicted molar refractivity (Wildman–Crippen MR) is 85.8 cm³/mol. The molecule has 0 bridgehead atoms. The van der Waals surface area contributed by atoms with Crippen LogP contribution in [0.5, 0.6) is 5.75 Å². The van der Waals surface area contributed by atoms with E-state index < -0.39 is 17.7 Å². The number of benzene rings is 1. The molecule has 5 nitrogen and oxygen atoms in total. The fourth-order valence-corrected chi connectivity index (χ4v) is 3.01. The third kappa shape index (κ3) is 4.78. The van der Waals surface area contributed by atoms with E-state index in [9.17, 15) is 23.2 Å². The Kier molecular flexibility index (Phi) is 5.77. The fourth-order valence-electron chi connectivity index (χ4n) is 3.01. The van der Waals surface area contributed by atoms with Crippen molar-refractivity contribution in [3.05, 3.63) is 24.3 Å². The molecular formula is C17H20F3N3O2. The van der Waals surface area contributed by atoms with E-state index in [1.165, 1.54) is 29.2 Å². The van der Waals surface area contributed by atoms with Crippen molar-refractivity contribution in [3.63, 3.8) is 0 Å². The summed E-state index contributed by atoms with van der Waals surface area (Å²) in [6.07, 6.45) is -0.807. The van der Waals surface area contributed by atoms with Gasteiger partial charge in [-0.15, -0.1) is 13.2 Å². The summed E-state index contributed by atoms with van der Waals surface area (Å²) >= 11 is 0. The van der Waals surface area contributed by atoms with E-state index in [4.69, 9.17) is 0 Å². The maximum absolute atomic E-state index is 12.4. The van der Waals surface area contributed by atoms with Gasteiger partial charge < -0.3 is 15.0 Å². The van der Waals surface area contributed by atoms with Crippen LogP contribution in [0.1, 0.15) is 32.1 Å². The number of rotatable bonds is 5. The summed E-state index contributed by atoms with van der Waals surface area (Å²) in [5.74, 6) is -0.761. The first-order valence-corrected chi connectivity index (χ1v) is 8.04. The Morgan fingerprint density at radius 3 is 2.56 bits per heavy atom. The van der Waals surface area contributed by atoms with Gasteiger partial charge in [-0.2, -0.15) is 5.26 Å². The van der Waals surface area contributed by atoms with Crippen molar-refractivity contribution in [2.75, 3.05) is 18.9 Å². The molecule has 0 radical (unpaired) electrons. The molecule has 0 spiro atoms. The monoisotopic (exact) mass is 355 g/mol.